The molecule has 1 aromatic carbocycles. The number of hydrogen-bond donors (Lipinski definition) is 2. The normalized spacial score (nSPS) is 10.6. The van der Waals surface area contributed by atoms with Crippen molar-refractivity contribution < 1.29 is 9.59 Å². The molecule has 128 valence electrons. The number of hydrazine groups is 1. The van der Waals surface area contributed by atoms with Crippen LogP contribution in [0.4, 0.5) is 0 Å². The highest BCUT2D eigenvalue weighted by Crippen LogP contribution is 2.21. The number of fused-ring (bicyclic) bond motifs is 1. The zero-order valence-electron chi connectivity index (χ0n) is 13.1. The molecule has 0 saturated heterocycles. The van der Waals surface area contributed by atoms with Gasteiger partial charge in [-0.25, -0.2) is 4.68 Å². The van der Waals surface area contributed by atoms with Crippen molar-refractivity contribution in [2.45, 2.75) is 13.5 Å². The van der Waals surface area contributed by atoms with Crippen molar-refractivity contribution in [1.82, 2.24) is 20.6 Å². The molecule has 2 N–H and O–H groups in total. The first-order chi connectivity index (χ1) is 12.0. The lowest BCUT2D eigenvalue weighted by Crippen LogP contribution is -2.44. The molecule has 0 bridgehead atoms. The maximum absolute atomic E-state index is 12.4. The quantitative estimate of drug-likeness (QED) is 0.633. The Morgan fingerprint density at radius 3 is 2.56 bits per heavy atom. The zero-order valence-corrected chi connectivity index (χ0v) is 15.5. The van der Waals surface area contributed by atoms with E-state index < -0.39 is 11.8 Å². The maximum Gasteiger partial charge on any atom is 0.279 e. The predicted molar refractivity (Wildman–Crippen MR) is 98.4 cm³/mol. The van der Waals surface area contributed by atoms with Crippen molar-refractivity contribution >= 4 is 49.9 Å². The van der Waals surface area contributed by atoms with E-state index in [1.54, 1.807) is 31.2 Å². The van der Waals surface area contributed by atoms with E-state index in [0.717, 1.165) is 13.9 Å². The summed E-state index contributed by atoms with van der Waals surface area (Å²) in [7, 11) is 0. The Hall–Kier alpha value is -2.52. The molecular formula is C16H13BrN4O3S. The van der Waals surface area contributed by atoms with Crippen molar-refractivity contribution in [3.8, 4) is 0 Å². The Morgan fingerprint density at radius 2 is 1.88 bits per heavy atom. The van der Waals surface area contributed by atoms with E-state index in [1.807, 2.05) is 12.1 Å². The molecule has 0 aliphatic carbocycles. The van der Waals surface area contributed by atoms with Gasteiger partial charge in [0.05, 0.1) is 19.7 Å². The minimum Gasteiger partial charge on any atom is -0.271 e. The number of aryl methyl sites for hydroxylation is 1. The van der Waals surface area contributed by atoms with E-state index in [2.05, 4.69) is 31.9 Å². The second kappa shape index (κ2) is 7.16. The van der Waals surface area contributed by atoms with Crippen molar-refractivity contribution in [2.75, 3.05) is 0 Å². The Balaban J connectivity index is 1.71. The van der Waals surface area contributed by atoms with Gasteiger partial charge in [0.15, 0.2) is 0 Å². The molecule has 0 spiro atoms. The molecule has 9 heteroatoms. The first-order valence-electron chi connectivity index (χ1n) is 7.26. The Labute approximate surface area is 154 Å². The van der Waals surface area contributed by atoms with Crippen LogP contribution in [0.15, 0.2) is 45.0 Å². The molecule has 0 saturated carbocycles. The Bertz CT molecular complexity index is 1030. The number of thiophene rings is 1. The van der Waals surface area contributed by atoms with E-state index in [-0.39, 0.29) is 12.1 Å². The highest BCUT2D eigenvalue weighted by atomic mass is 79.9. The topological polar surface area (TPSA) is 93.1 Å². The van der Waals surface area contributed by atoms with E-state index in [9.17, 15) is 14.4 Å². The third-order valence-electron chi connectivity index (χ3n) is 3.46. The number of nitrogens with zero attached hydrogens (tertiary/aromatic N) is 2. The summed E-state index contributed by atoms with van der Waals surface area (Å²) in [6, 6.07) is 10.5. The van der Waals surface area contributed by atoms with Gasteiger partial charge >= 0.3 is 0 Å². The summed E-state index contributed by atoms with van der Waals surface area (Å²) >= 11 is 4.51. The number of carbonyl (C=O) groups excluding carboxylic acids is 2. The fraction of sp³-hybridized carbons (Fsp3) is 0.125. The summed E-state index contributed by atoms with van der Waals surface area (Å²) in [6.45, 7) is 1.48. The third kappa shape index (κ3) is 3.77. The minimum absolute atomic E-state index is 0.293. The lowest BCUT2D eigenvalue weighted by atomic mass is 10.1. The summed E-state index contributed by atoms with van der Waals surface area (Å²) in [5.41, 5.74) is 4.89. The molecule has 0 aliphatic heterocycles. The zero-order chi connectivity index (χ0) is 18.0. The van der Waals surface area contributed by atoms with Gasteiger partial charge in [0.1, 0.15) is 6.54 Å². The second-order valence-electron chi connectivity index (χ2n) is 5.20. The summed E-state index contributed by atoms with van der Waals surface area (Å²) in [5, 5.41) is 5.40. The summed E-state index contributed by atoms with van der Waals surface area (Å²) in [6.07, 6.45) is 0. The predicted octanol–water partition coefficient (Wildman–Crippen LogP) is 1.99. The van der Waals surface area contributed by atoms with E-state index in [0.29, 0.717) is 16.0 Å². The fourth-order valence-corrected chi connectivity index (χ4v) is 3.59. The number of hydrogen-bond acceptors (Lipinski definition) is 5. The smallest absolute Gasteiger partial charge is 0.271 e. The van der Waals surface area contributed by atoms with Crippen LogP contribution in [0.3, 0.4) is 0 Å². The summed E-state index contributed by atoms with van der Waals surface area (Å²) in [4.78, 5) is 36.8. The van der Waals surface area contributed by atoms with Crippen molar-refractivity contribution in [2.24, 2.45) is 0 Å². The van der Waals surface area contributed by atoms with E-state index >= 15 is 0 Å². The summed E-state index contributed by atoms with van der Waals surface area (Å²) in [5.74, 6) is -0.979. The number of carbonyl (C=O) groups is 2. The van der Waals surface area contributed by atoms with Crippen molar-refractivity contribution in [1.29, 1.82) is 0 Å². The van der Waals surface area contributed by atoms with Crippen LogP contribution in [0.5, 0.6) is 0 Å². The van der Waals surface area contributed by atoms with Crippen molar-refractivity contribution in [3.05, 3.63) is 61.1 Å². The molecule has 25 heavy (non-hydrogen) atoms. The number of rotatable bonds is 3. The first kappa shape index (κ1) is 17.3. The van der Waals surface area contributed by atoms with Crippen LogP contribution >= 0.6 is 27.3 Å². The largest absolute Gasteiger partial charge is 0.279 e. The molecule has 2 amide bonds. The van der Waals surface area contributed by atoms with Gasteiger partial charge in [-0.05, 0) is 41.1 Å². The number of halogens is 1. The van der Waals surface area contributed by atoms with Crippen LogP contribution in [0.25, 0.3) is 10.8 Å². The SMILES string of the molecule is Cc1nn(CC(=O)NNC(=O)c2ccc(Br)s2)c(=O)c2ccccc12. The van der Waals surface area contributed by atoms with E-state index in [4.69, 9.17) is 0 Å². The number of nitrogens with one attached hydrogen (secondary N) is 2. The van der Waals surface area contributed by atoms with E-state index in [1.165, 1.54) is 11.3 Å². The maximum atomic E-state index is 12.4. The molecule has 3 rings (SSSR count). The molecule has 0 atom stereocenters. The molecule has 0 fully saturated rings. The first-order valence-corrected chi connectivity index (χ1v) is 8.87. The van der Waals surface area contributed by atoms with Gasteiger partial charge in [-0.3, -0.25) is 25.2 Å². The van der Waals surface area contributed by atoms with Crippen LogP contribution in [0.1, 0.15) is 15.4 Å². The van der Waals surface area contributed by atoms with Crippen molar-refractivity contribution in [3.63, 3.8) is 0 Å². The number of amides is 2. The molecule has 0 radical (unpaired) electrons. The number of aromatic nitrogens is 2. The molecule has 0 unspecified atom stereocenters. The van der Waals surface area contributed by atoms with Gasteiger partial charge in [0, 0.05) is 5.39 Å². The van der Waals surface area contributed by atoms with Gasteiger partial charge in [0.2, 0.25) is 0 Å². The van der Waals surface area contributed by atoms with Gasteiger partial charge in [-0.1, -0.05) is 18.2 Å². The average Bonchev–Trinajstić information content (AvgIpc) is 3.04. The molecule has 2 heterocycles. The Morgan fingerprint density at radius 1 is 1.16 bits per heavy atom. The lowest BCUT2D eigenvalue weighted by Gasteiger charge is -2.09. The van der Waals surface area contributed by atoms with Crippen LogP contribution in [-0.2, 0) is 11.3 Å². The average molecular weight is 421 g/mol. The standard InChI is InChI=1S/C16H13BrN4O3S/c1-9-10-4-2-3-5-11(10)16(24)21(20-9)8-14(22)18-19-15(23)12-6-7-13(17)25-12/h2-7H,8H2,1H3,(H,18,22)(H,19,23). The van der Waals surface area contributed by atoms with Gasteiger partial charge < -0.3 is 0 Å². The van der Waals surface area contributed by atoms with Crippen LogP contribution < -0.4 is 16.4 Å². The molecular weight excluding hydrogens is 408 g/mol. The third-order valence-corrected chi connectivity index (χ3v) is 5.08. The monoisotopic (exact) mass is 420 g/mol. The van der Waals surface area contributed by atoms with Crippen LogP contribution in [0, 0.1) is 6.92 Å². The molecule has 7 nitrogen and oxygen atoms in total. The van der Waals surface area contributed by atoms with Gasteiger partial charge in [0.25, 0.3) is 17.4 Å². The molecule has 0 aliphatic rings. The van der Waals surface area contributed by atoms with Gasteiger partial charge in [-0.2, -0.15) is 5.10 Å². The molecule has 3 aromatic rings. The van der Waals surface area contributed by atoms with Gasteiger partial charge in [-0.15, -0.1) is 11.3 Å². The molecule has 2 aromatic heterocycles. The Kier molecular flexibility index (Phi) is 4.95. The highest BCUT2D eigenvalue weighted by Gasteiger charge is 2.13. The van der Waals surface area contributed by atoms with Crippen LogP contribution in [0.2, 0.25) is 0 Å². The number of benzene rings is 1. The highest BCUT2D eigenvalue weighted by molar-refractivity contribution is 9.11. The van der Waals surface area contributed by atoms with Crippen LogP contribution in [-0.4, -0.2) is 21.6 Å². The second-order valence-corrected chi connectivity index (χ2v) is 7.66. The fourth-order valence-electron chi connectivity index (χ4n) is 2.31. The summed E-state index contributed by atoms with van der Waals surface area (Å²) < 4.78 is 1.90. The lowest BCUT2D eigenvalue weighted by molar-refractivity contribution is -0.122. The minimum atomic E-state index is -0.548.